The third-order valence-electron chi connectivity index (χ3n) is 4.58. The van der Waals surface area contributed by atoms with Gasteiger partial charge in [0, 0.05) is 18.1 Å². The summed E-state index contributed by atoms with van der Waals surface area (Å²) in [7, 11) is 2.26. The van der Waals surface area contributed by atoms with Crippen LogP contribution in [0.1, 0.15) is 47.0 Å². The highest BCUT2D eigenvalue weighted by molar-refractivity contribution is 5.03. The van der Waals surface area contributed by atoms with Crippen LogP contribution in [0.2, 0.25) is 0 Å². The van der Waals surface area contributed by atoms with Crippen LogP contribution in [-0.4, -0.2) is 30.1 Å². The summed E-state index contributed by atoms with van der Waals surface area (Å²) < 4.78 is 0. The van der Waals surface area contributed by atoms with Gasteiger partial charge in [0.25, 0.3) is 0 Å². The van der Waals surface area contributed by atoms with Gasteiger partial charge in [0.15, 0.2) is 0 Å². The van der Waals surface area contributed by atoms with E-state index in [0.717, 1.165) is 12.5 Å². The second kappa shape index (κ2) is 4.84. The molecule has 90 valence electrons. The zero-order chi connectivity index (χ0) is 11.6. The van der Waals surface area contributed by atoms with Crippen LogP contribution in [0.4, 0.5) is 0 Å². The van der Waals surface area contributed by atoms with Crippen LogP contribution in [0.5, 0.6) is 0 Å². The monoisotopic (exact) mass is 212 g/mol. The fraction of sp³-hybridized carbons (Fsp3) is 1.00. The maximum Gasteiger partial charge on any atom is 0.0357 e. The predicted molar refractivity (Wildman–Crippen MR) is 66.9 cm³/mol. The van der Waals surface area contributed by atoms with E-state index < -0.39 is 0 Å². The molecule has 0 radical (unpaired) electrons. The SMILES string of the molecule is CCC(CN)(C1CC1)N(C)C(C)C(C)C. The molecule has 1 rings (SSSR count). The quantitative estimate of drug-likeness (QED) is 0.733. The summed E-state index contributed by atoms with van der Waals surface area (Å²) in [6.45, 7) is 10.0. The Hall–Kier alpha value is -0.0800. The normalized spacial score (nSPS) is 23.2. The van der Waals surface area contributed by atoms with Gasteiger partial charge in [-0.15, -0.1) is 0 Å². The molecule has 1 aliphatic carbocycles. The Morgan fingerprint density at radius 2 is 1.87 bits per heavy atom. The van der Waals surface area contributed by atoms with Crippen molar-refractivity contribution in [2.75, 3.05) is 13.6 Å². The summed E-state index contributed by atoms with van der Waals surface area (Å²) in [5.74, 6) is 1.55. The zero-order valence-corrected chi connectivity index (χ0v) is 11.1. The van der Waals surface area contributed by atoms with E-state index in [4.69, 9.17) is 5.73 Å². The van der Waals surface area contributed by atoms with E-state index >= 15 is 0 Å². The Labute approximate surface area is 95.2 Å². The molecule has 0 heterocycles. The summed E-state index contributed by atoms with van der Waals surface area (Å²) in [6, 6.07) is 0.620. The van der Waals surface area contributed by atoms with Crippen molar-refractivity contribution >= 4 is 0 Å². The van der Waals surface area contributed by atoms with Crippen LogP contribution >= 0.6 is 0 Å². The molecular formula is C13H28N2. The van der Waals surface area contributed by atoms with E-state index in [2.05, 4.69) is 39.6 Å². The van der Waals surface area contributed by atoms with Gasteiger partial charge >= 0.3 is 0 Å². The Balaban J connectivity index is 2.78. The molecule has 0 bridgehead atoms. The molecule has 0 aromatic carbocycles. The first-order valence-corrected chi connectivity index (χ1v) is 6.42. The third kappa shape index (κ3) is 2.36. The van der Waals surface area contributed by atoms with Gasteiger partial charge in [0.05, 0.1) is 0 Å². The molecule has 0 spiro atoms. The second-order valence-electron chi connectivity index (χ2n) is 5.53. The summed E-state index contributed by atoms with van der Waals surface area (Å²) in [6.07, 6.45) is 3.93. The molecule has 2 nitrogen and oxygen atoms in total. The van der Waals surface area contributed by atoms with E-state index in [1.807, 2.05) is 0 Å². The van der Waals surface area contributed by atoms with Crippen LogP contribution in [0, 0.1) is 11.8 Å². The van der Waals surface area contributed by atoms with E-state index in [0.29, 0.717) is 12.0 Å². The van der Waals surface area contributed by atoms with E-state index in [9.17, 15) is 0 Å². The minimum Gasteiger partial charge on any atom is -0.329 e. The second-order valence-corrected chi connectivity index (χ2v) is 5.53. The lowest BCUT2D eigenvalue weighted by Crippen LogP contribution is -2.57. The lowest BCUT2D eigenvalue weighted by molar-refractivity contribution is 0.0414. The smallest absolute Gasteiger partial charge is 0.0357 e. The van der Waals surface area contributed by atoms with Crippen LogP contribution in [0.3, 0.4) is 0 Å². The third-order valence-corrected chi connectivity index (χ3v) is 4.58. The van der Waals surface area contributed by atoms with Crippen molar-refractivity contribution in [3.63, 3.8) is 0 Å². The molecule has 1 aliphatic rings. The number of hydrogen-bond acceptors (Lipinski definition) is 2. The van der Waals surface area contributed by atoms with E-state index in [-0.39, 0.29) is 5.54 Å². The minimum absolute atomic E-state index is 0.268. The molecule has 0 saturated heterocycles. The van der Waals surface area contributed by atoms with Crippen molar-refractivity contribution in [3.8, 4) is 0 Å². The summed E-state index contributed by atoms with van der Waals surface area (Å²) in [5, 5.41) is 0. The first-order valence-electron chi connectivity index (χ1n) is 6.42. The molecule has 15 heavy (non-hydrogen) atoms. The lowest BCUT2D eigenvalue weighted by atomic mass is 9.85. The molecule has 0 aliphatic heterocycles. The van der Waals surface area contributed by atoms with Gasteiger partial charge in [0.2, 0.25) is 0 Å². The van der Waals surface area contributed by atoms with Gasteiger partial charge < -0.3 is 5.73 Å². The van der Waals surface area contributed by atoms with Crippen LogP contribution in [0.15, 0.2) is 0 Å². The fourth-order valence-corrected chi connectivity index (χ4v) is 2.75. The largest absolute Gasteiger partial charge is 0.329 e. The van der Waals surface area contributed by atoms with Crippen molar-refractivity contribution in [1.82, 2.24) is 4.90 Å². The van der Waals surface area contributed by atoms with Gasteiger partial charge in [-0.3, -0.25) is 4.90 Å². The standard InChI is InChI=1S/C13H28N2/c1-6-13(9-14,12-7-8-12)15(5)11(4)10(2)3/h10-12H,6-9,14H2,1-5H3. The summed E-state index contributed by atoms with van der Waals surface area (Å²) in [5.41, 5.74) is 6.32. The topological polar surface area (TPSA) is 29.3 Å². The molecule has 0 aromatic rings. The first-order chi connectivity index (χ1) is 6.99. The Kier molecular flexibility index (Phi) is 4.19. The van der Waals surface area contributed by atoms with E-state index in [1.54, 1.807) is 0 Å². The predicted octanol–water partition coefficient (Wildman–Crippen LogP) is 2.48. The summed E-state index contributed by atoms with van der Waals surface area (Å²) >= 11 is 0. The Morgan fingerprint density at radius 3 is 2.13 bits per heavy atom. The Morgan fingerprint density at radius 1 is 1.33 bits per heavy atom. The number of hydrogen-bond donors (Lipinski definition) is 1. The van der Waals surface area contributed by atoms with Crippen LogP contribution < -0.4 is 5.73 Å². The lowest BCUT2D eigenvalue weighted by Gasteiger charge is -2.46. The molecule has 2 heteroatoms. The number of nitrogens with zero attached hydrogens (tertiary/aromatic N) is 1. The van der Waals surface area contributed by atoms with E-state index in [1.165, 1.54) is 19.3 Å². The number of rotatable bonds is 6. The van der Waals surface area contributed by atoms with Gasteiger partial charge in [0.1, 0.15) is 0 Å². The molecule has 2 atom stereocenters. The Bertz CT molecular complexity index is 193. The van der Waals surface area contributed by atoms with Crippen molar-refractivity contribution in [2.45, 2.75) is 58.5 Å². The maximum atomic E-state index is 6.06. The fourth-order valence-electron chi connectivity index (χ4n) is 2.75. The van der Waals surface area contributed by atoms with Gasteiger partial charge in [-0.05, 0) is 45.1 Å². The van der Waals surface area contributed by atoms with Crippen LogP contribution in [-0.2, 0) is 0 Å². The average Bonchev–Trinajstić information content (AvgIpc) is 3.03. The highest BCUT2D eigenvalue weighted by Gasteiger charge is 2.47. The molecule has 0 aromatic heterocycles. The van der Waals surface area contributed by atoms with Crippen molar-refractivity contribution in [2.24, 2.45) is 17.6 Å². The first kappa shape index (κ1) is 13.0. The van der Waals surface area contributed by atoms with Crippen molar-refractivity contribution in [1.29, 1.82) is 0 Å². The molecule has 1 saturated carbocycles. The summed E-state index contributed by atoms with van der Waals surface area (Å²) in [4.78, 5) is 2.55. The van der Waals surface area contributed by atoms with Gasteiger partial charge in [-0.25, -0.2) is 0 Å². The van der Waals surface area contributed by atoms with Crippen LogP contribution in [0.25, 0.3) is 0 Å². The number of nitrogens with two attached hydrogens (primary N) is 1. The van der Waals surface area contributed by atoms with Crippen molar-refractivity contribution < 1.29 is 0 Å². The maximum absolute atomic E-state index is 6.06. The average molecular weight is 212 g/mol. The minimum atomic E-state index is 0.268. The van der Waals surface area contributed by atoms with Crippen molar-refractivity contribution in [3.05, 3.63) is 0 Å². The molecule has 2 unspecified atom stereocenters. The highest BCUT2D eigenvalue weighted by atomic mass is 15.2. The molecular weight excluding hydrogens is 184 g/mol. The molecule has 0 amide bonds. The van der Waals surface area contributed by atoms with Gasteiger partial charge in [-0.1, -0.05) is 20.8 Å². The number of likely N-dealkylation sites (N-methyl/N-ethyl adjacent to an activating group) is 1. The molecule has 2 N–H and O–H groups in total. The van der Waals surface area contributed by atoms with Gasteiger partial charge in [-0.2, -0.15) is 0 Å². The zero-order valence-electron chi connectivity index (χ0n) is 11.1. The highest BCUT2D eigenvalue weighted by Crippen LogP contribution is 2.45. The molecule has 1 fully saturated rings.